The molecule has 0 aliphatic heterocycles. The van der Waals surface area contributed by atoms with E-state index in [4.69, 9.17) is 11.6 Å². The second-order valence-corrected chi connectivity index (χ2v) is 5.51. The van der Waals surface area contributed by atoms with Crippen molar-refractivity contribution in [2.24, 2.45) is 0 Å². The first-order chi connectivity index (χ1) is 9.49. The van der Waals surface area contributed by atoms with Gasteiger partial charge in [0, 0.05) is 15.3 Å². The van der Waals surface area contributed by atoms with Gasteiger partial charge in [-0.05, 0) is 46.9 Å². The summed E-state index contributed by atoms with van der Waals surface area (Å²) in [6.45, 7) is 0. The van der Waals surface area contributed by atoms with E-state index >= 15 is 0 Å². The number of nitro benzene ring substituents is 1. The number of hydrogen-bond acceptors (Lipinski definition) is 3. The number of anilines is 1. The maximum Gasteiger partial charge on any atom is 0.283 e. The first-order valence-corrected chi connectivity index (χ1v) is 6.94. The third-order valence-electron chi connectivity index (χ3n) is 2.50. The Kier molecular flexibility index (Phi) is 4.56. The number of benzene rings is 2. The topological polar surface area (TPSA) is 72.2 Å². The molecule has 0 aromatic heterocycles. The largest absolute Gasteiger partial charge is 0.322 e. The zero-order valence-corrected chi connectivity index (χ0v) is 12.9. The van der Waals surface area contributed by atoms with E-state index in [1.165, 1.54) is 18.2 Å². The van der Waals surface area contributed by atoms with Crippen LogP contribution in [0.1, 0.15) is 10.4 Å². The zero-order chi connectivity index (χ0) is 14.7. The molecule has 0 saturated heterocycles. The predicted molar refractivity (Wildman–Crippen MR) is 85.2 cm³/mol. The number of nitro groups is 1. The lowest BCUT2D eigenvalue weighted by Crippen LogP contribution is -2.14. The minimum atomic E-state index is -0.629. The van der Waals surface area contributed by atoms with Crippen LogP contribution < -0.4 is 5.32 Å². The lowest BCUT2D eigenvalue weighted by atomic mass is 10.1. The first-order valence-electron chi connectivity index (χ1n) is 5.49. The number of nitrogens with zero attached hydrogens (tertiary/aromatic N) is 1. The van der Waals surface area contributed by atoms with Gasteiger partial charge in [-0.1, -0.05) is 23.7 Å². The monoisotopic (exact) mass is 402 g/mol. The number of amides is 1. The van der Waals surface area contributed by atoms with Gasteiger partial charge in [-0.15, -0.1) is 0 Å². The van der Waals surface area contributed by atoms with Gasteiger partial charge < -0.3 is 5.32 Å². The van der Waals surface area contributed by atoms with Gasteiger partial charge in [0.05, 0.1) is 9.95 Å². The van der Waals surface area contributed by atoms with E-state index in [9.17, 15) is 14.9 Å². The average Bonchev–Trinajstić information content (AvgIpc) is 2.38. The van der Waals surface area contributed by atoms with Crippen LogP contribution >= 0.6 is 34.2 Å². The summed E-state index contributed by atoms with van der Waals surface area (Å²) in [4.78, 5) is 22.5. The summed E-state index contributed by atoms with van der Waals surface area (Å²) < 4.78 is 0.939. The highest BCUT2D eigenvalue weighted by Gasteiger charge is 2.23. The number of carbonyl (C=O) groups excluding carboxylic acids is 1. The summed E-state index contributed by atoms with van der Waals surface area (Å²) >= 11 is 8.00. The molecule has 0 bridgehead atoms. The van der Waals surface area contributed by atoms with E-state index in [-0.39, 0.29) is 16.3 Å². The highest BCUT2D eigenvalue weighted by atomic mass is 127. The molecule has 2 aromatic rings. The molecule has 0 unspecified atom stereocenters. The Morgan fingerprint density at radius 3 is 2.60 bits per heavy atom. The average molecular weight is 403 g/mol. The van der Waals surface area contributed by atoms with Gasteiger partial charge in [-0.3, -0.25) is 14.9 Å². The molecule has 0 spiro atoms. The van der Waals surface area contributed by atoms with Gasteiger partial charge in [0.25, 0.3) is 11.6 Å². The summed E-state index contributed by atoms with van der Waals surface area (Å²) in [7, 11) is 0. The van der Waals surface area contributed by atoms with Crippen LogP contribution in [0.3, 0.4) is 0 Å². The van der Waals surface area contributed by atoms with Crippen LogP contribution in [0.15, 0.2) is 42.5 Å². The lowest BCUT2D eigenvalue weighted by molar-refractivity contribution is -0.385. The molecular weight excluding hydrogens is 395 g/mol. The summed E-state index contributed by atoms with van der Waals surface area (Å²) in [6.07, 6.45) is 0. The molecule has 0 heterocycles. The van der Waals surface area contributed by atoms with Crippen molar-refractivity contribution < 1.29 is 9.72 Å². The fourth-order valence-electron chi connectivity index (χ4n) is 1.65. The lowest BCUT2D eigenvalue weighted by Gasteiger charge is -2.07. The second-order valence-electron chi connectivity index (χ2n) is 3.86. The molecule has 1 amide bonds. The van der Waals surface area contributed by atoms with Crippen molar-refractivity contribution in [2.75, 3.05) is 5.32 Å². The predicted octanol–water partition coefficient (Wildman–Crippen LogP) is 4.11. The Morgan fingerprint density at radius 2 is 1.95 bits per heavy atom. The Hall–Kier alpha value is -1.67. The van der Waals surface area contributed by atoms with Crippen LogP contribution in [0.25, 0.3) is 0 Å². The van der Waals surface area contributed by atoms with Gasteiger partial charge in [0.15, 0.2) is 0 Å². The number of halogens is 2. The number of hydrogen-bond donors (Lipinski definition) is 1. The summed E-state index contributed by atoms with van der Waals surface area (Å²) in [6, 6.07) is 11.2. The van der Waals surface area contributed by atoms with Crippen LogP contribution in [0.4, 0.5) is 11.4 Å². The Morgan fingerprint density at radius 1 is 1.25 bits per heavy atom. The molecule has 0 radical (unpaired) electrons. The van der Waals surface area contributed by atoms with E-state index in [1.807, 2.05) is 6.07 Å². The van der Waals surface area contributed by atoms with Crippen LogP contribution in [-0.4, -0.2) is 10.8 Å². The van der Waals surface area contributed by atoms with Crippen molar-refractivity contribution in [1.29, 1.82) is 0 Å². The van der Waals surface area contributed by atoms with E-state index < -0.39 is 10.8 Å². The number of carbonyl (C=O) groups is 1. The second kappa shape index (κ2) is 6.19. The van der Waals surface area contributed by atoms with Crippen molar-refractivity contribution in [1.82, 2.24) is 0 Å². The summed E-state index contributed by atoms with van der Waals surface area (Å²) in [5.74, 6) is -0.607. The molecule has 102 valence electrons. The molecule has 20 heavy (non-hydrogen) atoms. The van der Waals surface area contributed by atoms with Crippen molar-refractivity contribution in [3.63, 3.8) is 0 Å². The van der Waals surface area contributed by atoms with Gasteiger partial charge in [-0.25, -0.2) is 0 Å². The third-order valence-corrected chi connectivity index (χ3v) is 3.48. The Bertz CT molecular complexity index is 691. The fourth-order valence-corrected chi connectivity index (χ4v) is 2.45. The Balaban J connectivity index is 2.37. The molecule has 0 fully saturated rings. The maximum absolute atomic E-state index is 12.2. The van der Waals surface area contributed by atoms with E-state index in [0.29, 0.717) is 5.69 Å². The van der Waals surface area contributed by atoms with Crippen molar-refractivity contribution in [3.05, 3.63) is 66.7 Å². The molecule has 0 aliphatic rings. The molecular formula is C13H8ClIN2O3. The molecule has 2 rings (SSSR count). The standard InChI is InChI=1S/C13H8ClIN2O3/c14-10-5-2-6-11(17(19)20)12(10)13(18)16-9-4-1-3-8(15)7-9/h1-7H,(H,16,18). The molecule has 2 aromatic carbocycles. The molecule has 0 saturated carbocycles. The van der Waals surface area contributed by atoms with E-state index in [0.717, 1.165) is 3.57 Å². The van der Waals surface area contributed by atoms with E-state index in [1.54, 1.807) is 18.2 Å². The van der Waals surface area contributed by atoms with Gasteiger partial charge >= 0.3 is 0 Å². The quantitative estimate of drug-likeness (QED) is 0.477. The van der Waals surface area contributed by atoms with Gasteiger partial charge in [0.1, 0.15) is 5.56 Å². The van der Waals surface area contributed by atoms with Crippen molar-refractivity contribution in [3.8, 4) is 0 Å². The Labute approximate surface area is 133 Å². The number of nitrogens with one attached hydrogen (secondary N) is 1. The highest BCUT2D eigenvalue weighted by molar-refractivity contribution is 14.1. The zero-order valence-electron chi connectivity index (χ0n) is 9.97. The van der Waals surface area contributed by atoms with E-state index in [2.05, 4.69) is 27.9 Å². The summed E-state index contributed by atoms with van der Waals surface area (Å²) in [5.41, 5.74) is 0.0924. The fraction of sp³-hybridized carbons (Fsp3) is 0. The SMILES string of the molecule is O=C(Nc1cccc(I)c1)c1c(Cl)cccc1[N+](=O)[O-]. The molecule has 0 aliphatic carbocycles. The smallest absolute Gasteiger partial charge is 0.283 e. The summed E-state index contributed by atoms with van der Waals surface area (Å²) in [5, 5.41) is 13.6. The normalized spacial score (nSPS) is 10.1. The molecule has 5 nitrogen and oxygen atoms in total. The van der Waals surface area contributed by atoms with Crippen LogP contribution in [0, 0.1) is 13.7 Å². The highest BCUT2D eigenvalue weighted by Crippen LogP contribution is 2.27. The van der Waals surface area contributed by atoms with Crippen LogP contribution in [0.2, 0.25) is 5.02 Å². The molecule has 1 N–H and O–H groups in total. The van der Waals surface area contributed by atoms with Crippen molar-refractivity contribution in [2.45, 2.75) is 0 Å². The maximum atomic E-state index is 12.2. The van der Waals surface area contributed by atoms with Crippen molar-refractivity contribution >= 4 is 51.5 Å². The first kappa shape index (κ1) is 14.7. The minimum absolute atomic E-state index is 0.0438. The minimum Gasteiger partial charge on any atom is -0.322 e. The van der Waals surface area contributed by atoms with Gasteiger partial charge in [-0.2, -0.15) is 0 Å². The van der Waals surface area contributed by atoms with Crippen LogP contribution in [0.5, 0.6) is 0 Å². The van der Waals surface area contributed by atoms with Crippen LogP contribution in [-0.2, 0) is 0 Å². The molecule has 0 atom stereocenters. The van der Waals surface area contributed by atoms with Gasteiger partial charge in [0.2, 0.25) is 0 Å². The number of rotatable bonds is 3. The molecule has 7 heteroatoms. The third kappa shape index (κ3) is 3.26.